The lowest BCUT2D eigenvalue weighted by molar-refractivity contribution is 0.662. The highest BCUT2D eigenvalue weighted by molar-refractivity contribution is 7.10. The molecule has 4 N–H and O–H groups in total. The number of nitrogens with two attached hydrogens (primary N) is 2. The van der Waals surface area contributed by atoms with Crippen LogP contribution < -0.4 is 22.8 Å². The minimum Gasteiger partial charge on any atom is -0.332 e. The molecule has 0 atom stereocenters. The van der Waals surface area contributed by atoms with Crippen LogP contribution in [-0.4, -0.2) is 9.24 Å². The van der Waals surface area contributed by atoms with Crippen molar-refractivity contribution in [3.05, 3.63) is 54.9 Å². The summed E-state index contributed by atoms with van der Waals surface area (Å²) in [6.07, 6.45) is 1.87. The average Bonchev–Trinajstić information content (AvgIpc) is 3.30. The van der Waals surface area contributed by atoms with Crippen molar-refractivity contribution in [2.75, 3.05) is 5.84 Å². The maximum atomic E-state index is 12.5. The first-order valence-corrected chi connectivity index (χ1v) is 8.74. The maximum absolute atomic E-state index is 12.5. The zero-order valence-corrected chi connectivity index (χ0v) is 14.1. The van der Waals surface area contributed by atoms with Gasteiger partial charge in [0.2, 0.25) is 0 Å². The Morgan fingerprint density at radius 1 is 1.29 bits per heavy atom. The SMILES string of the molecule is Cc1c(-c2csc(CN)c2)ccc2c(=O)n(N)c(=O)n(C3CC3)c12. The number of benzene rings is 1. The molecule has 1 saturated carbocycles. The summed E-state index contributed by atoms with van der Waals surface area (Å²) in [5.74, 6) is 5.69. The third-order valence-corrected chi connectivity index (χ3v) is 5.57. The van der Waals surface area contributed by atoms with Crippen LogP contribution in [-0.2, 0) is 6.54 Å². The lowest BCUT2D eigenvalue weighted by Crippen LogP contribution is -2.44. The Balaban J connectivity index is 2.08. The Hall–Kier alpha value is -2.38. The fraction of sp³-hybridized carbons (Fsp3) is 0.294. The van der Waals surface area contributed by atoms with Crippen LogP contribution in [0.1, 0.15) is 29.3 Å². The van der Waals surface area contributed by atoms with E-state index >= 15 is 0 Å². The monoisotopic (exact) mass is 342 g/mol. The number of nitrogens with zero attached hydrogens (tertiary/aromatic N) is 2. The van der Waals surface area contributed by atoms with Crippen LogP contribution >= 0.6 is 11.3 Å². The minimum atomic E-state index is -0.450. The minimum absolute atomic E-state index is 0.131. The molecule has 4 rings (SSSR count). The van der Waals surface area contributed by atoms with E-state index in [1.165, 1.54) is 0 Å². The standard InChI is InChI=1S/C17H18N4O2S/c1-9-13(10-6-12(7-18)24-8-10)4-5-14-15(9)20(11-2-3-11)17(23)21(19)16(14)22/h4-6,8,11H,2-3,7,18-19H2,1H3. The second kappa shape index (κ2) is 5.32. The molecule has 3 aromatic rings. The zero-order chi connectivity index (χ0) is 17.0. The molecule has 24 heavy (non-hydrogen) atoms. The van der Waals surface area contributed by atoms with Crippen LogP contribution in [0.15, 0.2) is 33.2 Å². The van der Waals surface area contributed by atoms with Gasteiger partial charge in [-0.1, -0.05) is 6.07 Å². The number of rotatable bonds is 3. The van der Waals surface area contributed by atoms with Gasteiger partial charge in [-0.2, -0.15) is 4.68 Å². The van der Waals surface area contributed by atoms with E-state index in [-0.39, 0.29) is 6.04 Å². The van der Waals surface area contributed by atoms with Gasteiger partial charge in [-0.15, -0.1) is 11.3 Å². The quantitative estimate of drug-likeness (QED) is 0.708. The molecule has 0 radical (unpaired) electrons. The van der Waals surface area contributed by atoms with Crippen LogP contribution in [0.4, 0.5) is 0 Å². The fourth-order valence-corrected chi connectivity index (χ4v) is 3.99. The van der Waals surface area contributed by atoms with Gasteiger partial charge in [-0.05, 0) is 54.0 Å². The molecular formula is C17H18N4O2S. The van der Waals surface area contributed by atoms with Crippen LogP contribution in [0.3, 0.4) is 0 Å². The van der Waals surface area contributed by atoms with Gasteiger partial charge in [-0.25, -0.2) is 4.79 Å². The molecule has 7 heteroatoms. The second-order valence-corrected chi connectivity index (χ2v) is 7.19. The molecule has 124 valence electrons. The Labute approximate surface area is 141 Å². The lowest BCUT2D eigenvalue weighted by atomic mass is 9.99. The Kier molecular flexibility index (Phi) is 3.36. The molecule has 2 aromatic heterocycles. The van der Waals surface area contributed by atoms with Crippen molar-refractivity contribution in [1.82, 2.24) is 9.24 Å². The van der Waals surface area contributed by atoms with Crippen molar-refractivity contribution in [1.29, 1.82) is 0 Å². The van der Waals surface area contributed by atoms with Gasteiger partial charge < -0.3 is 11.6 Å². The Morgan fingerprint density at radius 3 is 2.67 bits per heavy atom. The zero-order valence-electron chi connectivity index (χ0n) is 13.3. The molecule has 0 unspecified atom stereocenters. The topological polar surface area (TPSA) is 96.0 Å². The first-order chi connectivity index (χ1) is 11.5. The molecule has 0 spiro atoms. The molecule has 0 saturated heterocycles. The summed E-state index contributed by atoms with van der Waals surface area (Å²) in [4.78, 5) is 26.0. The number of aryl methyl sites for hydroxylation is 1. The second-order valence-electron chi connectivity index (χ2n) is 6.20. The van der Waals surface area contributed by atoms with E-state index in [0.717, 1.165) is 39.1 Å². The van der Waals surface area contributed by atoms with Crippen LogP contribution in [0, 0.1) is 6.92 Å². The summed E-state index contributed by atoms with van der Waals surface area (Å²) in [7, 11) is 0. The smallest absolute Gasteiger partial charge is 0.332 e. The van der Waals surface area contributed by atoms with Crippen molar-refractivity contribution in [3.8, 4) is 11.1 Å². The number of aromatic nitrogens is 2. The van der Waals surface area contributed by atoms with E-state index in [1.54, 1.807) is 22.0 Å². The summed E-state index contributed by atoms with van der Waals surface area (Å²) in [6, 6.07) is 5.87. The van der Waals surface area contributed by atoms with Gasteiger partial charge in [0.05, 0.1) is 10.9 Å². The van der Waals surface area contributed by atoms with Crippen molar-refractivity contribution in [2.45, 2.75) is 32.4 Å². The number of hydrogen-bond donors (Lipinski definition) is 2. The molecule has 1 aromatic carbocycles. The number of hydrogen-bond acceptors (Lipinski definition) is 5. The molecule has 1 fully saturated rings. The van der Waals surface area contributed by atoms with Gasteiger partial charge in [0.25, 0.3) is 5.56 Å². The highest BCUT2D eigenvalue weighted by atomic mass is 32.1. The molecule has 2 heterocycles. The molecule has 6 nitrogen and oxygen atoms in total. The first kappa shape index (κ1) is 15.2. The summed E-state index contributed by atoms with van der Waals surface area (Å²) in [5.41, 5.74) is 8.52. The third-order valence-electron chi connectivity index (χ3n) is 4.61. The highest BCUT2D eigenvalue weighted by Crippen LogP contribution is 2.38. The highest BCUT2D eigenvalue weighted by Gasteiger charge is 2.29. The number of nitrogen functional groups attached to an aromatic ring is 1. The summed E-state index contributed by atoms with van der Waals surface area (Å²) >= 11 is 1.61. The van der Waals surface area contributed by atoms with E-state index in [0.29, 0.717) is 17.4 Å². The van der Waals surface area contributed by atoms with Crippen molar-refractivity contribution in [2.24, 2.45) is 5.73 Å². The van der Waals surface area contributed by atoms with Gasteiger partial charge in [0, 0.05) is 17.5 Å². The summed E-state index contributed by atoms with van der Waals surface area (Å²) < 4.78 is 2.41. The van der Waals surface area contributed by atoms with Gasteiger partial charge in [-0.3, -0.25) is 9.36 Å². The van der Waals surface area contributed by atoms with Gasteiger partial charge in [0.1, 0.15) is 0 Å². The largest absolute Gasteiger partial charge is 0.350 e. The van der Waals surface area contributed by atoms with E-state index in [1.807, 2.05) is 13.0 Å². The van der Waals surface area contributed by atoms with E-state index in [4.69, 9.17) is 11.6 Å². The fourth-order valence-electron chi connectivity index (χ4n) is 3.22. The molecule has 0 bridgehead atoms. The van der Waals surface area contributed by atoms with Crippen LogP contribution in [0.5, 0.6) is 0 Å². The first-order valence-electron chi connectivity index (χ1n) is 7.86. The Morgan fingerprint density at radius 2 is 2.04 bits per heavy atom. The van der Waals surface area contributed by atoms with Crippen molar-refractivity contribution in [3.63, 3.8) is 0 Å². The van der Waals surface area contributed by atoms with E-state index in [2.05, 4.69) is 11.4 Å². The average molecular weight is 342 g/mol. The number of thiophene rings is 1. The summed E-state index contributed by atoms with van der Waals surface area (Å²) in [6.45, 7) is 2.46. The maximum Gasteiger partial charge on any atom is 0.350 e. The Bertz CT molecular complexity index is 1070. The third kappa shape index (κ3) is 2.12. The van der Waals surface area contributed by atoms with Gasteiger partial charge in [0.15, 0.2) is 0 Å². The van der Waals surface area contributed by atoms with Crippen molar-refractivity contribution < 1.29 is 0 Å². The van der Waals surface area contributed by atoms with Crippen LogP contribution in [0.2, 0.25) is 0 Å². The van der Waals surface area contributed by atoms with E-state index in [9.17, 15) is 9.59 Å². The molecule has 0 amide bonds. The lowest BCUT2D eigenvalue weighted by Gasteiger charge is -2.15. The summed E-state index contributed by atoms with van der Waals surface area (Å²) in [5, 5.41) is 2.54. The number of fused-ring (bicyclic) bond motifs is 1. The predicted molar refractivity (Wildman–Crippen MR) is 96.8 cm³/mol. The normalized spacial score (nSPS) is 14.4. The molecule has 1 aliphatic rings. The predicted octanol–water partition coefficient (Wildman–Crippen LogP) is 1.71. The molecule has 1 aliphatic carbocycles. The van der Waals surface area contributed by atoms with Gasteiger partial charge >= 0.3 is 5.69 Å². The molecular weight excluding hydrogens is 324 g/mol. The van der Waals surface area contributed by atoms with Crippen LogP contribution in [0.25, 0.3) is 22.0 Å². The van der Waals surface area contributed by atoms with E-state index < -0.39 is 11.2 Å². The molecule has 0 aliphatic heterocycles. The van der Waals surface area contributed by atoms with Crippen molar-refractivity contribution >= 4 is 22.2 Å².